The largest absolute Gasteiger partial charge is 0.548 e. The van der Waals surface area contributed by atoms with Crippen LogP contribution in [-0.2, 0) is 16.2 Å². The molecule has 0 bridgehead atoms. The van der Waals surface area contributed by atoms with Gasteiger partial charge in [-0.2, -0.15) is 0 Å². The van der Waals surface area contributed by atoms with Crippen LogP contribution in [0.15, 0.2) is 59.5 Å². The molecule has 0 saturated carbocycles. The fourth-order valence-corrected chi connectivity index (χ4v) is 3.57. The molecule has 0 aromatic heterocycles. The lowest BCUT2D eigenvalue weighted by atomic mass is 10.2. The van der Waals surface area contributed by atoms with Gasteiger partial charge in [-0.3, -0.25) is 9.69 Å². The summed E-state index contributed by atoms with van der Waals surface area (Å²) in [5.74, 6) is -1.05. The van der Waals surface area contributed by atoms with Crippen LogP contribution >= 0.6 is 24.0 Å². The Labute approximate surface area is 160 Å². The Kier molecular flexibility index (Phi) is 5.70. The van der Waals surface area contributed by atoms with Crippen LogP contribution in [0.1, 0.15) is 11.1 Å². The Morgan fingerprint density at radius 3 is 2.50 bits per heavy atom. The normalized spacial score (nSPS) is 15.5. The summed E-state index contributed by atoms with van der Waals surface area (Å²) < 4.78 is 5.94. The zero-order valence-corrected chi connectivity index (χ0v) is 15.2. The first kappa shape index (κ1) is 18.2. The third-order valence-electron chi connectivity index (χ3n) is 3.59. The zero-order valence-electron chi connectivity index (χ0n) is 13.6. The van der Waals surface area contributed by atoms with E-state index >= 15 is 0 Å². The molecule has 1 aliphatic heterocycles. The average Bonchev–Trinajstić information content (AvgIpc) is 2.89. The maximum atomic E-state index is 12.2. The van der Waals surface area contributed by atoms with Crippen molar-refractivity contribution in [3.05, 3.63) is 70.6 Å². The maximum absolute atomic E-state index is 12.2. The minimum absolute atomic E-state index is 0.216. The lowest BCUT2D eigenvalue weighted by molar-refractivity contribution is -0.305. The number of aliphatic carboxylic acids is 1. The van der Waals surface area contributed by atoms with Crippen LogP contribution in [0.4, 0.5) is 0 Å². The Morgan fingerprint density at radius 1 is 1.15 bits per heavy atom. The number of ether oxygens (including phenoxy) is 1. The third-order valence-corrected chi connectivity index (χ3v) is 4.96. The van der Waals surface area contributed by atoms with Gasteiger partial charge in [0.25, 0.3) is 5.91 Å². The summed E-state index contributed by atoms with van der Waals surface area (Å²) in [5.41, 5.74) is 1.87. The van der Waals surface area contributed by atoms with Gasteiger partial charge in [0.15, 0.2) is 0 Å². The molecule has 0 radical (unpaired) electrons. The second-order valence-electron chi connectivity index (χ2n) is 5.48. The minimum atomic E-state index is -1.34. The molecular weight excluding hydrogens is 370 g/mol. The van der Waals surface area contributed by atoms with E-state index in [4.69, 9.17) is 17.0 Å². The highest BCUT2D eigenvalue weighted by atomic mass is 32.2. The van der Waals surface area contributed by atoms with Crippen LogP contribution < -0.4 is 9.84 Å². The van der Waals surface area contributed by atoms with Crippen LogP contribution in [0.3, 0.4) is 0 Å². The number of carbonyl (C=O) groups is 2. The molecule has 2 aromatic rings. The average molecular weight is 384 g/mol. The van der Waals surface area contributed by atoms with Crippen LogP contribution in [0.2, 0.25) is 0 Å². The number of thioether (sulfide) groups is 1. The highest BCUT2D eigenvalue weighted by molar-refractivity contribution is 8.26. The summed E-state index contributed by atoms with van der Waals surface area (Å²) >= 11 is 6.12. The molecule has 1 heterocycles. The molecule has 0 aliphatic carbocycles. The van der Waals surface area contributed by atoms with Crippen LogP contribution in [-0.4, -0.2) is 27.6 Å². The van der Waals surface area contributed by atoms with Gasteiger partial charge in [-0.1, -0.05) is 66.4 Å². The van der Waals surface area contributed by atoms with Crippen LogP contribution in [0, 0.1) is 0 Å². The van der Waals surface area contributed by atoms with Crippen molar-refractivity contribution in [1.82, 2.24) is 4.90 Å². The summed E-state index contributed by atoms with van der Waals surface area (Å²) in [5, 5.41) is 10.7. The molecule has 5 nitrogen and oxygen atoms in total. The second kappa shape index (κ2) is 8.16. The van der Waals surface area contributed by atoms with E-state index in [1.165, 1.54) is 0 Å². The lowest BCUT2D eigenvalue weighted by Gasteiger charge is -2.14. The molecular formula is C19H14NO4S2-. The SMILES string of the molecule is O=C([O-])CN1C(=O)/C(=C/c2ccc(OCc3ccccc3)cc2)SC1=S. The molecule has 0 atom stereocenters. The number of carboxylic acids is 1. The molecule has 2 aromatic carbocycles. The molecule has 1 fully saturated rings. The molecule has 132 valence electrons. The maximum Gasteiger partial charge on any atom is 0.266 e. The molecule has 0 unspecified atom stereocenters. The van der Waals surface area contributed by atoms with Crippen molar-refractivity contribution in [2.24, 2.45) is 0 Å². The highest BCUT2D eigenvalue weighted by Gasteiger charge is 2.31. The summed E-state index contributed by atoms with van der Waals surface area (Å²) in [6.45, 7) is -0.0592. The molecule has 26 heavy (non-hydrogen) atoms. The van der Waals surface area contributed by atoms with Gasteiger partial charge in [-0.05, 0) is 29.3 Å². The molecule has 1 amide bonds. The van der Waals surface area contributed by atoms with Crippen LogP contribution in [0.25, 0.3) is 6.08 Å². The number of rotatable bonds is 6. The quantitative estimate of drug-likeness (QED) is 0.562. The predicted octanol–water partition coefficient (Wildman–Crippen LogP) is 2.22. The first-order valence-electron chi connectivity index (χ1n) is 7.75. The summed E-state index contributed by atoms with van der Waals surface area (Å²) in [7, 11) is 0. The molecule has 7 heteroatoms. The van der Waals surface area contributed by atoms with E-state index in [9.17, 15) is 14.7 Å². The first-order valence-corrected chi connectivity index (χ1v) is 8.97. The molecule has 3 rings (SSSR count). The van der Waals surface area contributed by atoms with E-state index in [-0.39, 0.29) is 4.32 Å². The fourth-order valence-electron chi connectivity index (χ4n) is 2.32. The predicted molar refractivity (Wildman–Crippen MR) is 102 cm³/mol. The molecule has 1 aliphatic rings. The molecule has 1 saturated heterocycles. The number of thiocarbonyl (C=S) groups is 1. The smallest absolute Gasteiger partial charge is 0.266 e. The summed E-state index contributed by atoms with van der Waals surface area (Å²) in [6.07, 6.45) is 1.68. The monoisotopic (exact) mass is 384 g/mol. The van der Waals surface area contributed by atoms with Crippen molar-refractivity contribution >= 4 is 46.3 Å². The van der Waals surface area contributed by atoms with Gasteiger partial charge in [0, 0.05) is 0 Å². The Morgan fingerprint density at radius 2 is 1.85 bits per heavy atom. The highest BCUT2D eigenvalue weighted by Crippen LogP contribution is 2.32. The first-order chi connectivity index (χ1) is 12.5. The van der Waals surface area contributed by atoms with E-state index in [1.54, 1.807) is 6.08 Å². The minimum Gasteiger partial charge on any atom is -0.548 e. The van der Waals surface area contributed by atoms with Gasteiger partial charge in [-0.15, -0.1) is 0 Å². The number of hydrogen-bond donors (Lipinski definition) is 0. The van der Waals surface area contributed by atoms with Crippen LogP contribution in [0.5, 0.6) is 5.75 Å². The molecule has 0 spiro atoms. The number of carbonyl (C=O) groups excluding carboxylic acids is 2. The van der Waals surface area contributed by atoms with Gasteiger partial charge in [0.1, 0.15) is 16.7 Å². The Hall–Kier alpha value is -2.64. The van der Waals surface area contributed by atoms with Gasteiger partial charge >= 0.3 is 0 Å². The topological polar surface area (TPSA) is 69.7 Å². The Balaban J connectivity index is 1.65. The Bertz CT molecular complexity index is 863. The van der Waals surface area contributed by atoms with Crippen molar-refractivity contribution in [2.45, 2.75) is 6.61 Å². The van der Waals surface area contributed by atoms with E-state index in [0.717, 1.165) is 33.5 Å². The van der Waals surface area contributed by atoms with Crippen molar-refractivity contribution in [1.29, 1.82) is 0 Å². The van der Waals surface area contributed by atoms with Crippen molar-refractivity contribution in [3.63, 3.8) is 0 Å². The van der Waals surface area contributed by atoms with E-state index in [2.05, 4.69) is 0 Å². The summed E-state index contributed by atoms with van der Waals surface area (Å²) in [6, 6.07) is 17.1. The van der Waals surface area contributed by atoms with Gasteiger partial charge in [0.05, 0.1) is 17.4 Å². The second-order valence-corrected chi connectivity index (χ2v) is 7.16. The third kappa shape index (κ3) is 4.50. The zero-order chi connectivity index (χ0) is 18.5. The van der Waals surface area contributed by atoms with Gasteiger partial charge in [0.2, 0.25) is 0 Å². The number of benzene rings is 2. The van der Waals surface area contributed by atoms with E-state index < -0.39 is 18.4 Å². The standard InChI is InChI=1S/C19H15NO4S2/c21-17(22)11-20-18(23)16(26-19(20)25)10-13-6-8-15(9-7-13)24-12-14-4-2-1-3-5-14/h1-10H,11-12H2,(H,21,22)/p-1/b16-10-. The van der Waals surface area contributed by atoms with E-state index in [1.807, 2.05) is 54.6 Å². The van der Waals surface area contributed by atoms with Gasteiger partial charge < -0.3 is 14.6 Å². The number of carboxylic acid groups (broad SMARTS) is 1. The van der Waals surface area contributed by atoms with E-state index in [0.29, 0.717) is 11.5 Å². The lowest BCUT2D eigenvalue weighted by Crippen LogP contribution is -2.40. The molecule has 0 N–H and O–H groups in total. The van der Waals surface area contributed by atoms with Crippen molar-refractivity contribution in [3.8, 4) is 5.75 Å². The number of nitrogens with zero attached hydrogens (tertiary/aromatic N) is 1. The van der Waals surface area contributed by atoms with Crippen molar-refractivity contribution in [2.75, 3.05) is 6.54 Å². The van der Waals surface area contributed by atoms with Gasteiger partial charge in [-0.25, -0.2) is 0 Å². The van der Waals surface area contributed by atoms with Crippen molar-refractivity contribution < 1.29 is 19.4 Å². The number of hydrogen-bond acceptors (Lipinski definition) is 6. The fraction of sp³-hybridized carbons (Fsp3) is 0.105. The number of amides is 1. The summed E-state index contributed by atoms with van der Waals surface area (Å²) in [4.78, 5) is 24.3.